The van der Waals surface area contributed by atoms with Crippen LogP contribution in [0.3, 0.4) is 0 Å². The number of thiazole rings is 1. The zero-order chi connectivity index (χ0) is 16.9. The van der Waals surface area contributed by atoms with Gasteiger partial charge in [0, 0.05) is 23.9 Å². The first kappa shape index (κ1) is 16.9. The molecule has 5 heteroatoms. The van der Waals surface area contributed by atoms with Crippen molar-refractivity contribution in [1.82, 2.24) is 10.3 Å². The highest BCUT2D eigenvalue weighted by atomic mass is 32.1. The molecule has 0 fully saturated rings. The Bertz CT molecular complexity index is 753. The Labute approximate surface area is 146 Å². The van der Waals surface area contributed by atoms with Crippen molar-refractivity contribution in [2.75, 3.05) is 6.54 Å². The van der Waals surface area contributed by atoms with E-state index in [2.05, 4.69) is 36.5 Å². The summed E-state index contributed by atoms with van der Waals surface area (Å²) in [5, 5.41) is 14.6. The highest BCUT2D eigenvalue weighted by molar-refractivity contribution is 7.11. The molecule has 0 aliphatic rings. The van der Waals surface area contributed by atoms with Crippen molar-refractivity contribution in [2.24, 2.45) is 0 Å². The molecule has 0 bridgehead atoms. The van der Waals surface area contributed by atoms with E-state index < -0.39 is 6.10 Å². The van der Waals surface area contributed by atoms with Crippen LogP contribution < -0.4 is 5.32 Å². The average Bonchev–Trinajstić information content (AvgIpc) is 3.23. The van der Waals surface area contributed by atoms with Gasteiger partial charge in [-0.15, -0.1) is 11.3 Å². The second-order valence-electron chi connectivity index (χ2n) is 5.88. The molecule has 0 aliphatic heterocycles. The zero-order valence-electron chi connectivity index (χ0n) is 13.9. The number of nitrogens with one attached hydrogen (secondary N) is 1. The van der Waals surface area contributed by atoms with E-state index in [4.69, 9.17) is 9.40 Å². The lowest BCUT2D eigenvalue weighted by molar-refractivity contribution is 0.144. The van der Waals surface area contributed by atoms with Gasteiger partial charge in [0.15, 0.2) is 0 Å². The molecule has 2 atom stereocenters. The van der Waals surface area contributed by atoms with Gasteiger partial charge >= 0.3 is 0 Å². The molecule has 3 rings (SSSR count). The molecule has 2 unspecified atom stereocenters. The summed E-state index contributed by atoms with van der Waals surface area (Å²) in [4.78, 5) is 5.92. The second kappa shape index (κ2) is 7.75. The topological polar surface area (TPSA) is 58.3 Å². The highest BCUT2D eigenvalue weighted by Gasteiger charge is 2.17. The number of aromatic nitrogens is 1. The van der Waals surface area contributed by atoms with Crippen molar-refractivity contribution in [3.63, 3.8) is 0 Å². The summed E-state index contributed by atoms with van der Waals surface area (Å²) >= 11 is 1.73. The summed E-state index contributed by atoms with van der Waals surface area (Å²) in [6.45, 7) is 4.59. The smallest absolute Gasteiger partial charge is 0.133 e. The summed E-state index contributed by atoms with van der Waals surface area (Å²) in [7, 11) is 0. The minimum absolute atomic E-state index is 0.136. The quantitative estimate of drug-likeness (QED) is 0.681. The lowest BCUT2D eigenvalue weighted by Gasteiger charge is -2.15. The van der Waals surface area contributed by atoms with Crippen molar-refractivity contribution in [3.05, 3.63) is 75.6 Å². The zero-order valence-corrected chi connectivity index (χ0v) is 14.7. The van der Waals surface area contributed by atoms with Crippen LogP contribution in [0.1, 0.15) is 46.0 Å². The maximum absolute atomic E-state index is 10.1. The van der Waals surface area contributed by atoms with Crippen molar-refractivity contribution in [2.45, 2.75) is 32.4 Å². The predicted octanol–water partition coefficient (Wildman–Crippen LogP) is 4.02. The first-order valence-electron chi connectivity index (χ1n) is 8.08. The number of aliphatic hydroxyl groups is 1. The summed E-state index contributed by atoms with van der Waals surface area (Å²) < 4.78 is 5.23. The van der Waals surface area contributed by atoms with E-state index in [9.17, 15) is 5.11 Å². The average molecular weight is 342 g/mol. The molecule has 0 saturated heterocycles. The van der Waals surface area contributed by atoms with Crippen LogP contribution in [0.15, 0.2) is 53.1 Å². The van der Waals surface area contributed by atoms with Crippen molar-refractivity contribution in [3.8, 4) is 0 Å². The van der Waals surface area contributed by atoms with Gasteiger partial charge in [0.1, 0.15) is 11.9 Å². The van der Waals surface area contributed by atoms with Crippen LogP contribution in [0.4, 0.5) is 0 Å². The first-order chi connectivity index (χ1) is 11.6. The van der Waals surface area contributed by atoms with Gasteiger partial charge in [-0.05, 0) is 31.5 Å². The fourth-order valence-electron chi connectivity index (χ4n) is 2.68. The van der Waals surface area contributed by atoms with Crippen LogP contribution in [-0.2, 0) is 6.42 Å². The van der Waals surface area contributed by atoms with E-state index in [0.717, 1.165) is 17.1 Å². The third-order valence-electron chi connectivity index (χ3n) is 3.96. The van der Waals surface area contributed by atoms with E-state index in [-0.39, 0.29) is 6.04 Å². The van der Waals surface area contributed by atoms with Crippen LogP contribution in [0.2, 0.25) is 0 Å². The number of aliphatic hydroxyl groups excluding tert-OH is 1. The van der Waals surface area contributed by atoms with Gasteiger partial charge in [0.05, 0.1) is 17.0 Å². The van der Waals surface area contributed by atoms with Gasteiger partial charge < -0.3 is 14.8 Å². The third-order valence-corrected chi connectivity index (χ3v) is 5.30. The lowest BCUT2D eigenvalue weighted by atomic mass is 10.2. The number of hydrogen-bond acceptors (Lipinski definition) is 5. The number of rotatable bonds is 7. The Balaban J connectivity index is 1.61. The van der Waals surface area contributed by atoms with Crippen molar-refractivity contribution < 1.29 is 9.52 Å². The highest BCUT2D eigenvalue weighted by Crippen LogP contribution is 2.27. The SMILES string of the molecule is Cc1nc(Cc2ccccc2)sc1C(C)NCC(O)c1ccco1. The summed E-state index contributed by atoms with van der Waals surface area (Å²) in [5.41, 5.74) is 2.32. The molecular formula is C19H22N2O2S. The van der Waals surface area contributed by atoms with E-state index >= 15 is 0 Å². The molecule has 24 heavy (non-hydrogen) atoms. The van der Waals surface area contributed by atoms with Crippen LogP contribution >= 0.6 is 11.3 Å². The van der Waals surface area contributed by atoms with Crippen LogP contribution in [-0.4, -0.2) is 16.6 Å². The van der Waals surface area contributed by atoms with Gasteiger partial charge in [-0.1, -0.05) is 30.3 Å². The fraction of sp³-hybridized carbons (Fsp3) is 0.316. The predicted molar refractivity (Wildman–Crippen MR) is 96.2 cm³/mol. The molecule has 2 N–H and O–H groups in total. The van der Waals surface area contributed by atoms with Crippen molar-refractivity contribution >= 4 is 11.3 Å². The Hall–Kier alpha value is -1.95. The van der Waals surface area contributed by atoms with Gasteiger partial charge in [0.25, 0.3) is 0 Å². The molecule has 126 valence electrons. The van der Waals surface area contributed by atoms with E-state index in [0.29, 0.717) is 12.3 Å². The molecule has 2 aromatic heterocycles. The third kappa shape index (κ3) is 4.12. The Morgan fingerprint density at radius 3 is 2.71 bits per heavy atom. The molecule has 0 radical (unpaired) electrons. The number of aryl methyl sites for hydroxylation is 1. The lowest BCUT2D eigenvalue weighted by Crippen LogP contribution is -2.24. The molecular weight excluding hydrogens is 320 g/mol. The van der Waals surface area contributed by atoms with E-state index in [1.807, 2.05) is 13.0 Å². The largest absolute Gasteiger partial charge is 0.467 e. The van der Waals surface area contributed by atoms with Gasteiger partial charge in [-0.3, -0.25) is 0 Å². The molecule has 0 amide bonds. The number of nitrogens with zero attached hydrogens (tertiary/aromatic N) is 1. The molecule has 0 aliphatic carbocycles. The maximum Gasteiger partial charge on any atom is 0.133 e. The normalized spacial score (nSPS) is 13.8. The van der Waals surface area contributed by atoms with Gasteiger partial charge in [0.2, 0.25) is 0 Å². The first-order valence-corrected chi connectivity index (χ1v) is 8.90. The number of furan rings is 1. The minimum atomic E-state index is -0.639. The number of hydrogen-bond donors (Lipinski definition) is 2. The Morgan fingerprint density at radius 2 is 2.00 bits per heavy atom. The van der Waals surface area contributed by atoms with E-state index in [1.165, 1.54) is 10.4 Å². The van der Waals surface area contributed by atoms with Crippen LogP contribution in [0, 0.1) is 6.92 Å². The Kier molecular flexibility index (Phi) is 5.45. The summed E-state index contributed by atoms with van der Waals surface area (Å²) in [5.74, 6) is 0.584. The summed E-state index contributed by atoms with van der Waals surface area (Å²) in [6, 6.07) is 14.1. The van der Waals surface area contributed by atoms with Crippen LogP contribution in [0.5, 0.6) is 0 Å². The van der Waals surface area contributed by atoms with Crippen LogP contribution in [0.25, 0.3) is 0 Å². The maximum atomic E-state index is 10.1. The molecule has 3 aromatic rings. The monoisotopic (exact) mass is 342 g/mol. The standard InChI is InChI=1S/C19H22N2O2S/c1-13(20-12-16(22)17-9-6-10-23-17)19-14(2)21-18(24-19)11-15-7-4-3-5-8-15/h3-10,13,16,20,22H,11-12H2,1-2H3. The van der Waals surface area contributed by atoms with Gasteiger partial charge in [-0.2, -0.15) is 0 Å². The minimum Gasteiger partial charge on any atom is -0.467 e. The molecule has 1 aromatic carbocycles. The molecule has 0 spiro atoms. The molecule has 2 heterocycles. The summed E-state index contributed by atoms with van der Waals surface area (Å²) in [6.07, 6.45) is 1.79. The second-order valence-corrected chi connectivity index (χ2v) is 7.00. The Morgan fingerprint density at radius 1 is 1.21 bits per heavy atom. The molecule has 4 nitrogen and oxygen atoms in total. The van der Waals surface area contributed by atoms with Crippen molar-refractivity contribution in [1.29, 1.82) is 0 Å². The molecule has 0 saturated carbocycles. The fourth-order valence-corrected chi connectivity index (χ4v) is 3.80. The number of benzene rings is 1. The van der Waals surface area contributed by atoms with E-state index in [1.54, 1.807) is 29.7 Å². The van der Waals surface area contributed by atoms with Gasteiger partial charge in [-0.25, -0.2) is 4.98 Å².